The predicted octanol–water partition coefficient (Wildman–Crippen LogP) is 7.50. The van der Waals surface area contributed by atoms with E-state index in [0.29, 0.717) is 22.8 Å². The van der Waals surface area contributed by atoms with Gasteiger partial charge in [0, 0.05) is 12.0 Å². The van der Waals surface area contributed by atoms with Crippen LogP contribution in [0.1, 0.15) is 57.2 Å². The van der Waals surface area contributed by atoms with E-state index in [2.05, 4.69) is 30.4 Å². The fraction of sp³-hybridized carbons (Fsp3) is 0.333. The molecule has 52 heavy (non-hydrogen) atoms. The number of aromatic nitrogens is 3. The van der Waals surface area contributed by atoms with E-state index in [4.69, 9.17) is 4.74 Å². The van der Waals surface area contributed by atoms with Crippen LogP contribution in [0, 0.1) is 6.92 Å². The molecule has 2 N–H and O–H groups in total. The van der Waals surface area contributed by atoms with Gasteiger partial charge in [-0.05, 0) is 80.6 Å². The minimum Gasteiger partial charge on any atom is -0.444 e. The van der Waals surface area contributed by atoms with E-state index in [1.165, 1.54) is 40.2 Å². The SMILES string of the molecule is Cc1ccc(C(C)C)c(N2C(=O)CS/C2=N\C(=O)NC(Cc2ccc(-c3ncn(-c4ccc(OC(F)(F)F)cc4)n3)cc2)NC(=O)OC(C)(C)C)c1. The number of hydrogen-bond donors (Lipinski definition) is 2. The normalized spacial score (nSPS) is 14.8. The highest BCUT2D eigenvalue weighted by molar-refractivity contribution is 8.15. The average Bonchev–Trinajstić information content (AvgIpc) is 3.67. The number of alkyl halides is 3. The van der Waals surface area contributed by atoms with Gasteiger partial charge in [0.15, 0.2) is 11.0 Å². The Morgan fingerprint density at radius 2 is 1.69 bits per heavy atom. The molecular formula is C36H38F3N7O5S. The number of thioether (sulfide) groups is 1. The minimum atomic E-state index is -4.79. The summed E-state index contributed by atoms with van der Waals surface area (Å²) in [6, 6.07) is 17.4. The Balaban J connectivity index is 1.32. The third-order valence-corrected chi connectivity index (χ3v) is 8.40. The zero-order valence-electron chi connectivity index (χ0n) is 29.3. The molecular weight excluding hydrogens is 700 g/mol. The number of aliphatic imine (C=N–C) groups is 1. The number of amides is 4. The molecule has 5 rings (SSSR count). The maximum Gasteiger partial charge on any atom is 0.573 e. The molecule has 1 unspecified atom stereocenters. The summed E-state index contributed by atoms with van der Waals surface area (Å²) in [5, 5.41) is 10.1. The van der Waals surface area contributed by atoms with Gasteiger partial charge < -0.3 is 20.1 Å². The van der Waals surface area contributed by atoms with Gasteiger partial charge in [0.2, 0.25) is 5.91 Å². The van der Waals surface area contributed by atoms with Crippen molar-refractivity contribution in [3.63, 3.8) is 0 Å². The zero-order chi connectivity index (χ0) is 37.8. The average molecular weight is 738 g/mol. The fourth-order valence-corrected chi connectivity index (χ4v) is 6.08. The van der Waals surface area contributed by atoms with Crippen molar-refractivity contribution in [1.29, 1.82) is 0 Å². The number of anilines is 1. The van der Waals surface area contributed by atoms with Gasteiger partial charge in [0.1, 0.15) is 23.8 Å². The van der Waals surface area contributed by atoms with Crippen LogP contribution < -0.4 is 20.3 Å². The number of carbonyl (C=O) groups is 3. The van der Waals surface area contributed by atoms with Crippen LogP contribution in [-0.4, -0.2) is 61.8 Å². The molecule has 0 spiro atoms. The predicted molar refractivity (Wildman–Crippen MR) is 192 cm³/mol. The number of amidine groups is 1. The summed E-state index contributed by atoms with van der Waals surface area (Å²) in [6.07, 6.45) is -4.91. The Morgan fingerprint density at radius 1 is 1.00 bits per heavy atom. The number of nitrogens with zero attached hydrogens (tertiary/aromatic N) is 5. The molecule has 16 heteroatoms. The lowest BCUT2D eigenvalue weighted by Crippen LogP contribution is -2.50. The summed E-state index contributed by atoms with van der Waals surface area (Å²) in [6.45, 7) is 11.1. The van der Waals surface area contributed by atoms with Gasteiger partial charge in [-0.3, -0.25) is 9.69 Å². The van der Waals surface area contributed by atoms with Gasteiger partial charge >= 0.3 is 18.5 Å². The molecule has 2 heterocycles. The lowest BCUT2D eigenvalue weighted by atomic mass is 9.99. The van der Waals surface area contributed by atoms with Crippen LogP contribution >= 0.6 is 11.8 Å². The van der Waals surface area contributed by atoms with E-state index in [1.807, 2.05) is 39.0 Å². The van der Waals surface area contributed by atoms with Crippen LogP contribution in [0.5, 0.6) is 5.75 Å². The Labute approximate surface area is 302 Å². The molecule has 0 bridgehead atoms. The van der Waals surface area contributed by atoms with Crippen molar-refractivity contribution in [2.24, 2.45) is 4.99 Å². The minimum absolute atomic E-state index is 0.117. The Hall–Kier alpha value is -5.38. The summed E-state index contributed by atoms with van der Waals surface area (Å²) >= 11 is 1.16. The molecule has 0 radical (unpaired) electrons. The van der Waals surface area contributed by atoms with Gasteiger partial charge in [-0.2, -0.15) is 4.99 Å². The molecule has 12 nitrogen and oxygen atoms in total. The molecule has 4 aromatic rings. The number of halogens is 3. The molecule has 4 amide bonds. The second-order valence-electron chi connectivity index (χ2n) is 13.2. The van der Waals surface area contributed by atoms with Gasteiger partial charge in [0.05, 0.1) is 17.1 Å². The number of aryl methyl sites for hydroxylation is 1. The van der Waals surface area contributed by atoms with E-state index < -0.39 is 30.3 Å². The van der Waals surface area contributed by atoms with Crippen molar-refractivity contribution >= 4 is 40.6 Å². The van der Waals surface area contributed by atoms with E-state index in [0.717, 1.165) is 28.5 Å². The first kappa shape index (κ1) is 37.9. The molecule has 1 fully saturated rings. The zero-order valence-corrected chi connectivity index (χ0v) is 30.1. The third kappa shape index (κ3) is 10.1. The first-order valence-corrected chi connectivity index (χ1v) is 17.2. The monoisotopic (exact) mass is 737 g/mol. The first-order chi connectivity index (χ1) is 24.4. The summed E-state index contributed by atoms with van der Waals surface area (Å²) in [5.41, 5.74) is 3.63. The molecule has 1 aliphatic rings. The van der Waals surface area contributed by atoms with Crippen LogP contribution in [0.2, 0.25) is 0 Å². The highest BCUT2D eigenvalue weighted by Crippen LogP contribution is 2.34. The van der Waals surface area contributed by atoms with E-state index in [-0.39, 0.29) is 34.9 Å². The largest absolute Gasteiger partial charge is 0.573 e. The van der Waals surface area contributed by atoms with Crippen molar-refractivity contribution in [1.82, 2.24) is 25.4 Å². The topological polar surface area (TPSA) is 140 Å². The van der Waals surface area contributed by atoms with Crippen LogP contribution in [0.3, 0.4) is 0 Å². The van der Waals surface area contributed by atoms with Crippen LogP contribution in [-0.2, 0) is 16.0 Å². The molecule has 0 saturated carbocycles. The molecule has 1 aliphatic heterocycles. The number of rotatable bonds is 9. The van der Waals surface area contributed by atoms with Gasteiger partial charge in [-0.1, -0.05) is 62.0 Å². The second kappa shape index (κ2) is 15.5. The number of nitrogens with one attached hydrogen (secondary N) is 2. The number of urea groups is 1. The number of ether oxygens (including phenoxy) is 2. The van der Waals surface area contributed by atoms with Crippen LogP contribution in [0.25, 0.3) is 17.1 Å². The smallest absolute Gasteiger partial charge is 0.444 e. The highest BCUT2D eigenvalue weighted by Gasteiger charge is 2.33. The van der Waals surface area contributed by atoms with Gasteiger partial charge in [0.25, 0.3) is 0 Å². The van der Waals surface area contributed by atoms with Crippen molar-refractivity contribution in [2.45, 2.75) is 72.0 Å². The van der Waals surface area contributed by atoms with Crippen LogP contribution in [0.4, 0.5) is 28.4 Å². The van der Waals surface area contributed by atoms with Crippen molar-refractivity contribution in [3.8, 4) is 22.8 Å². The highest BCUT2D eigenvalue weighted by atomic mass is 32.2. The first-order valence-electron chi connectivity index (χ1n) is 16.3. The van der Waals surface area contributed by atoms with Crippen molar-refractivity contribution in [2.75, 3.05) is 10.7 Å². The number of hydrogen-bond acceptors (Lipinski definition) is 8. The Kier molecular flexibility index (Phi) is 11.3. The number of alkyl carbamates (subject to hydrolysis) is 1. The molecule has 1 atom stereocenters. The molecule has 3 aromatic carbocycles. The number of carbonyl (C=O) groups excluding carboxylic acids is 3. The van der Waals surface area contributed by atoms with Crippen molar-refractivity contribution < 1.29 is 37.0 Å². The summed E-state index contributed by atoms with van der Waals surface area (Å²) in [7, 11) is 0. The maximum atomic E-state index is 13.4. The van der Waals surface area contributed by atoms with Crippen LogP contribution in [0.15, 0.2) is 78.0 Å². The summed E-state index contributed by atoms with van der Waals surface area (Å²) in [4.78, 5) is 49.2. The van der Waals surface area contributed by atoms with E-state index >= 15 is 0 Å². The summed E-state index contributed by atoms with van der Waals surface area (Å²) < 4.78 is 48.3. The quantitative estimate of drug-likeness (QED) is 0.168. The third-order valence-electron chi connectivity index (χ3n) is 7.48. The maximum absolute atomic E-state index is 13.4. The van der Waals surface area contributed by atoms with Crippen molar-refractivity contribution in [3.05, 3.63) is 89.7 Å². The van der Waals surface area contributed by atoms with E-state index in [9.17, 15) is 27.6 Å². The summed E-state index contributed by atoms with van der Waals surface area (Å²) in [5.74, 6) is 0.0522. The molecule has 1 aromatic heterocycles. The van der Waals surface area contributed by atoms with Gasteiger partial charge in [-0.25, -0.2) is 19.3 Å². The Morgan fingerprint density at radius 3 is 2.33 bits per heavy atom. The standard InChI is InChI=1S/C36H38F3N7O5S/c1-21(2)27-16-7-22(3)17-28(27)46-30(47)19-52-33(46)43-32(48)41-29(42-34(49)51-35(4,5)6)18-23-8-10-24(11-9-23)31-40-20-45(44-31)25-12-14-26(15-13-25)50-36(37,38)39/h7-17,20-21,29H,18-19H2,1-6H3,(H,41,48)(H,42,49)/b43-33-. The van der Waals surface area contributed by atoms with Gasteiger partial charge in [-0.15, -0.1) is 18.3 Å². The second-order valence-corrected chi connectivity index (χ2v) is 14.2. The molecule has 0 aliphatic carbocycles. The molecule has 1 saturated heterocycles. The molecule has 274 valence electrons. The lowest BCUT2D eigenvalue weighted by Gasteiger charge is -2.24. The lowest BCUT2D eigenvalue weighted by molar-refractivity contribution is -0.274. The fourth-order valence-electron chi connectivity index (χ4n) is 5.22. The van der Waals surface area contributed by atoms with E-state index in [1.54, 1.807) is 45.0 Å². The Bertz CT molecular complexity index is 1960. The number of benzene rings is 3.